The SMILES string of the molecule is CCC(C)Oc1ccc(Cl)c(CNC)n1. The topological polar surface area (TPSA) is 34.1 Å². The second-order valence-electron chi connectivity index (χ2n) is 3.45. The van der Waals surface area contributed by atoms with Gasteiger partial charge in [-0.1, -0.05) is 18.5 Å². The monoisotopic (exact) mass is 228 g/mol. The molecule has 0 aliphatic carbocycles. The number of halogens is 1. The summed E-state index contributed by atoms with van der Waals surface area (Å²) in [6, 6.07) is 3.62. The molecular weight excluding hydrogens is 212 g/mol. The zero-order chi connectivity index (χ0) is 11.3. The van der Waals surface area contributed by atoms with Crippen LogP contribution in [0.3, 0.4) is 0 Å². The fourth-order valence-corrected chi connectivity index (χ4v) is 1.28. The normalized spacial score (nSPS) is 12.5. The van der Waals surface area contributed by atoms with E-state index in [0.717, 1.165) is 12.1 Å². The maximum atomic E-state index is 5.99. The highest BCUT2D eigenvalue weighted by Gasteiger charge is 2.06. The van der Waals surface area contributed by atoms with Crippen molar-refractivity contribution in [3.05, 3.63) is 22.8 Å². The summed E-state index contributed by atoms with van der Waals surface area (Å²) in [5, 5.41) is 3.68. The fraction of sp³-hybridized carbons (Fsp3) is 0.545. The molecule has 0 saturated heterocycles. The standard InChI is InChI=1S/C11H17ClN2O/c1-4-8(2)15-11-6-5-9(12)10(14-11)7-13-3/h5-6,8,13H,4,7H2,1-3H3. The molecule has 1 rings (SSSR count). The zero-order valence-corrected chi connectivity index (χ0v) is 10.1. The molecule has 1 N–H and O–H groups in total. The van der Waals surface area contributed by atoms with Gasteiger partial charge in [-0.2, -0.15) is 0 Å². The third-order valence-electron chi connectivity index (χ3n) is 2.13. The molecule has 1 unspecified atom stereocenters. The summed E-state index contributed by atoms with van der Waals surface area (Å²) < 4.78 is 5.61. The predicted octanol–water partition coefficient (Wildman–Crippen LogP) is 2.63. The summed E-state index contributed by atoms with van der Waals surface area (Å²) in [7, 11) is 1.86. The van der Waals surface area contributed by atoms with Crippen LogP contribution < -0.4 is 10.1 Å². The predicted molar refractivity (Wildman–Crippen MR) is 62.4 cm³/mol. The van der Waals surface area contributed by atoms with E-state index in [9.17, 15) is 0 Å². The van der Waals surface area contributed by atoms with Crippen LogP contribution in [0.4, 0.5) is 0 Å². The number of rotatable bonds is 5. The molecule has 84 valence electrons. The Bertz CT molecular complexity index is 317. The third kappa shape index (κ3) is 3.68. The van der Waals surface area contributed by atoms with Gasteiger partial charge < -0.3 is 10.1 Å². The van der Waals surface area contributed by atoms with E-state index in [2.05, 4.69) is 17.2 Å². The highest BCUT2D eigenvalue weighted by molar-refractivity contribution is 6.31. The molecule has 1 aromatic rings. The van der Waals surface area contributed by atoms with Crippen LogP contribution in [0.2, 0.25) is 5.02 Å². The maximum absolute atomic E-state index is 5.99. The summed E-state index contributed by atoms with van der Waals surface area (Å²) >= 11 is 5.99. The second-order valence-corrected chi connectivity index (χ2v) is 3.85. The average Bonchev–Trinajstić information content (AvgIpc) is 2.23. The summed E-state index contributed by atoms with van der Waals surface area (Å²) in [6.45, 7) is 4.75. The quantitative estimate of drug-likeness (QED) is 0.842. The lowest BCUT2D eigenvalue weighted by Crippen LogP contribution is -2.13. The Morgan fingerprint density at radius 1 is 1.53 bits per heavy atom. The molecule has 0 aromatic carbocycles. The van der Waals surface area contributed by atoms with Gasteiger partial charge >= 0.3 is 0 Å². The lowest BCUT2D eigenvalue weighted by atomic mass is 10.3. The van der Waals surface area contributed by atoms with E-state index in [1.807, 2.05) is 20.0 Å². The largest absolute Gasteiger partial charge is 0.475 e. The van der Waals surface area contributed by atoms with E-state index in [0.29, 0.717) is 17.4 Å². The molecule has 3 nitrogen and oxygen atoms in total. The number of hydrogen-bond donors (Lipinski definition) is 1. The van der Waals surface area contributed by atoms with Gasteiger partial charge in [-0.05, 0) is 26.5 Å². The molecule has 1 atom stereocenters. The van der Waals surface area contributed by atoms with Crippen LogP contribution in [-0.2, 0) is 6.54 Å². The number of aromatic nitrogens is 1. The van der Waals surface area contributed by atoms with Crippen LogP contribution in [0.1, 0.15) is 26.0 Å². The molecule has 0 aliphatic rings. The Morgan fingerprint density at radius 3 is 2.87 bits per heavy atom. The highest BCUT2D eigenvalue weighted by Crippen LogP contribution is 2.19. The number of pyridine rings is 1. The van der Waals surface area contributed by atoms with Crippen molar-refractivity contribution >= 4 is 11.6 Å². The van der Waals surface area contributed by atoms with Crippen LogP contribution in [0.15, 0.2) is 12.1 Å². The molecule has 0 spiro atoms. The van der Waals surface area contributed by atoms with Gasteiger partial charge in [-0.15, -0.1) is 0 Å². The first kappa shape index (κ1) is 12.3. The molecule has 1 aromatic heterocycles. The van der Waals surface area contributed by atoms with Crippen molar-refractivity contribution in [1.82, 2.24) is 10.3 Å². The van der Waals surface area contributed by atoms with Gasteiger partial charge in [0.1, 0.15) is 0 Å². The Kier molecular flexibility index (Phi) is 4.85. The van der Waals surface area contributed by atoms with Crippen LogP contribution in [0, 0.1) is 0 Å². The molecular formula is C11H17ClN2O. The van der Waals surface area contributed by atoms with Crippen molar-refractivity contribution in [2.24, 2.45) is 0 Å². The van der Waals surface area contributed by atoms with Gasteiger partial charge in [0.2, 0.25) is 5.88 Å². The lowest BCUT2D eigenvalue weighted by molar-refractivity contribution is 0.208. The molecule has 1 heterocycles. The van der Waals surface area contributed by atoms with E-state index < -0.39 is 0 Å². The maximum Gasteiger partial charge on any atom is 0.213 e. The third-order valence-corrected chi connectivity index (χ3v) is 2.48. The van der Waals surface area contributed by atoms with E-state index in [1.54, 1.807) is 6.07 Å². The molecule has 4 heteroatoms. The molecule has 0 aliphatic heterocycles. The van der Waals surface area contributed by atoms with Gasteiger partial charge in [0.05, 0.1) is 16.8 Å². The van der Waals surface area contributed by atoms with Crippen molar-refractivity contribution in [3.63, 3.8) is 0 Å². The number of nitrogens with zero attached hydrogens (tertiary/aromatic N) is 1. The average molecular weight is 229 g/mol. The van der Waals surface area contributed by atoms with Crippen molar-refractivity contribution in [1.29, 1.82) is 0 Å². The minimum absolute atomic E-state index is 0.182. The number of nitrogens with one attached hydrogen (secondary N) is 1. The van der Waals surface area contributed by atoms with E-state index >= 15 is 0 Å². The van der Waals surface area contributed by atoms with Crippen LogP contribution in [0.5, 0.6) is 5.88 Å². The fourth-order valence-electron chi connectivity index (χ4n) is 1.11. The number of ether oxygens (including phenoxy) is 1. The molecule has 0 radical (unpaired) electrons. The van der Waals surface area contributed by atoms with Crippen molar-refractivity contribution in [2.45, 2.75) is 32.9 Å². The molecule has 0 saturated carbocycles. The highest BCUT2D eigenvalue weighted by atomic mass is 35.5. The summed E-state index contributed by atoms with van der Waals surface area (Å²) in [5.41, 5.74) is 0.819. The van der Waals surface area contributed by atoms with Gasteiger partial charge in [-0.3, -0.25) is 0 Å². The molecule has 0 amide bonds. The minimum Gasteiger partial charge on any atom is -0.475 e. The van der Waals surface area contributed by atoms with Gasteiger partial charge in [-0.25, -0.2) is 4.98 Å². The van der Waals surface area contributed by atoms with E-state index in [1.165, 1.54) is 0 Å². The molecule has 0 bridgehead atoms. The van der Waals surface area contributed by atoms with E-state index in [4.69, 9.17) is 16.3 Å². The van der Waals surface area contributed by atoms with Crippen molar-refractivity contribution in [2.75, 3.05) is 7.05 Å². The van der Waals surface area contributed by atoms with Crippen LogP contribution in [-0.4, -0.2) is 18.1 Å². The van der Waals surface area contributed by atoms with Gasteiger partial charge in [0, 0.05) is 12.6 Å². The van der Waals surface area contributed by atoms with Gasteiger partial charge in [0.15, 0.2) is 0 Å². The van der Waals surface area contributed by atoms with Gasteiger partial charge in [0.25, 0.3) is 0 Å². The first-order valence-electron chi connectivity index (χ1n) is 5.14. The Balaban J connectivity index is 2.77. The summed E-state index contributed by atoms with van der Waals surface area (Å²) in [6.07, 6.45) is 1.15. The molecule has 15 heavy (non-hydrogen) atoms. The number of hydrogen-bond acceptors (Lipinski definition) is 3. The summed E-state index contributed by atoms with van der Waals surface area (Å²) in [4.78, 5) is 4.33. The lowest BCUT2D eigenvalue weighted by Gasteiger charge is -2.12. The second kappa shape index (κ2) is 5.93. The van der Waals surface area contributed by atoms with Crippen molar-refractivity contribution < 1.29 is 4.74 Å². The molecule has 0 fully saturated rings. The minimum atomic E-state index is 0.182. The Hall–Kier alpha value is -0.800. The Labute approximate surface area is 95.8 Å². The first-order valence-corrected chi connectivity index (χ1v) is 5.51. The Morgan fingerprint density at radius 2 is 2.27 bits per heavy atom. The van der Waals surface area contributed by atoms with Crippen molar-refractivity contribution in [3.8, 4) is 5.88 Å². The van der Waals surface area contributed by atoms with Crippen LogP contribution >= 0.6 is 11.6 Å². The van der Waals surface area contributed by atoms with E-state index in [-0.39, 0.29) is 6.10 Å². The smallest absolute Gasteiger partial charge is 0.213 e. The first-order chi connectivity index (χ1) is 7.17. The van der Waals surface area contributed by atoms with Crippen LogP contribution in [0.25, 0.3) is 0 Å². The summed E-state index contributed by atoms with van der Waals surface area (Å²) in [5.74, 6) is 0.638. The zero-order valence-electron chi connectivity index (χ0n) is 9.38.